The highest BCUT2D eigenvalue weighted by Gasteiger charge is 2.32. The number of anilines is 1. The molecule has 0 aliphatic heterocycles. The van der Waals surface area contributed by atoms with Crippen LogP contribution in [0.2, 0.25) is 0 Å². The molecule has 0 radical (unpaired) electrons. The minimum Gasteiger partial charge on any atom is -0.396 e. The molecule has 19 heavy (non-hydrogen) atoms. The van der Waals surface area contributed by atoms with Crippen LogP contribution in [0.1, 0.15) is 54.2 Å². The molecule has 1 aromatic heterocycles. The predicted molar refractivity (Wildman–Crippen MR) is 70.7 cm³/mol. The molecule has 2 saturated carbocycles. The van der Waals surface area contributed by atoms with Crippen LogP contribution in [0.4, 0.5) is 5.69 Å². The van der Waals surface area contributed by atoms with Crippen LogP contribution in [-0.2, 0) is 0 Å². The number of rotatable bonds is 4. The molecule has 104 valence electrons. The summed E-state index contributed by atoms with van der Waals surface area (Å²) in [6.07, 6.45) is 5.15. The Hall–Kier alpha value is -1.56. The van der Waals surface area contributed by atoms with E-state index in [9.17, 15) is 9.90 Å². The highest BCUT2D eigenvalue weighted by Crippen LogP contribution is 2.42. The van der Waals surface area contributed by atoms with Gasteiger partial charge in [0.2, 0.25) is 0 Å². The summed E-state index contributed by atoms with van der Waals surface area (Å²) in [5.41, 5.74) is 7.66. The molecule has 2 aliphatic carbocycles. The van der Waals surface area contributed by atoms with Gasteiger partial charge in [0.1, 0.15) is 0 Å². The lowest BCUT2D eigenvalue weighted by atomic mass is 10.0. The number of nitrogens with zero attached hydrogens (tertiary/aromatic N) is 1. The molecule has 0 aromatic carbocycles. The van der Waals surface area contributed by atoms with Gasteiger partial charge in [0.15, 0.2) is 5.69 Å². The smallest absolute Gasteiger partial charge is 0.274 e. The van der Waals surface area contributed by atoms with Crippen molar-refractivity contribution in [3.63, 3.8) is 0 Å². The molecule has 2 unspecified atom stereocenters. The molecule has 1 amide bonds. The Morgan fingerprint density at radius 3 is 2.89 bits per heavy atom. The number of nitrogen functional groups attached to an aromatic ring is 1. The van der Waals surface area contributed by atoms with E-state index in [1.54, 1.807) is 0 Å². The Kier molecular flexibility index (Phi) is 3.18. The van der Waals surface area contributed by atoms with Gasteiger partial charge < -0.3 is 16.2 Å². The maximum absolute atomic E-state index is 12.2. The van der Waals surface area contributed by atoms with Crippen molar-refractivity contribution in [3.05, 3.63) is 11.4 Å². The third-order valence-electron chi connectivity index (χ3n) is 4.24. The third kappa shape index (κ3) is 2.32. The fourth-order valence-corrected chi connectivity index (χ4v) is 2.90. The van der Waals surface area contributed by atoms with E-state index in [2.05, 4.69) is 15.5 Å². The standard InChI is InChI=1S/C13H20N4O2/c14-10-11(7-4-5-7)16-17-12(10)13(19)15-9-3-1-2-8(9)6-18/h7-9,18H,1-6,14H2,(H,15,19)(H,16,17). The minimum absolute atomic E-state index is 0.0398. The summed E-state index contributed by atoms with van der Waals surface area (Å²) in [4.78, 5) is 12.2. The molecular formula is C13H20N4O2. The van der Waals surface area contributed by atoms with Gasteiger partial charge in [-0.2, -0.15) is 5.10 Å². The Morgan fingerprint density at radius 1 is 1.42 bits per heavy atom. The Balaban J connectivity index is 1.70. The number of aliphatic hydroxyl groups is 1. The first-order chi connectivity index (χ1) is 9.20. The second-order valence-electron chi connectivity index (χ2n) is 5.63. The number of H-pyrrole nitrogens is 1. The largest absolute Gasteiger partial charge is 0.396 e. The van der Waals surface area contributed by atoms with Crippen molar-refractivity contribution < 1.29 is 9.90 Å². The van der Waals surface area contributed by atoms with Crippen molar-refractivity contribution in [3.8, 4) is 0 Å². The molecule has 0 spiro atoms. The molecule has 5 N–H and O–H groups in total. The van der Waals surface area contributed by atoms with Crippen molar-refractivity contribution in [2.75, 3.05) is 12.3 Å². The molecule has 2 atom stereocenters. The van der Waals surface area contributed by atoms with Gasteiger partial charge in [-0.15, -0.1) is 0 Å². The Morgan fingerprint density at radius 2 is 2.21 bits per heavy atom. The number of carbonyl (C=O) groups excluding carboxylic acids is 1. The normalized spacial score (nSPS) is 26.6. The topological polar surface area (TPSA) is 104 Å². The van der Waals surface area contributed by atoms with E-state index in [-0.39, 0.29) is 24.5 Å². The quantitative estimate of drug-likeness (QED) is 0.644. The number of aliphatic hydroxyl groups excluding tert-OH is 1. The summed E-state index contributed by atoms with van der Waals surface area (Å²) in [7, 11) is 0. The summed E-state index contributed by atoms with van der Waals surface area (Å²) in [6, 6.07) is 0.0398. The maximum atomic E-state index is 12.2. The number of hydrogen-bond acceptors (Lipinski definition) is 4. The van der Waals surface area contributed by atoms with Gasteiger partial charge in [-0.25, -0.2) is 0 Å². The molecule has 3 rings (SSSR count). The van der Waals surface area contributed by atoms with Crippen LogP contribution < -0.4 is 11.1 Å². The van der Waals surface area contributed by atoms with Gasteiger partial charge >= 0.3 is 0 Å². The molecule has 1 heterocycles. The highest BCUT2D eigenvalue weighted by molar-refractivity contribution is 5.98. The zero-order chi connectivity index (χ0) is 13.4. The molecule has 6 heteroatoms. The number of hydrogen-bond donors (Lipinski definition) is 4. The van der Waals surface area contributed by atoms with Gasteiger partial charge in [-0.05, 0) is 25.7 Å². The Bertz CT molecular complexity index is 481. The van der Waals surface area contributed by atoms with Crippen molar-refractivity contribution >= 4 is 11.6 Å². The van der Waals surface area contributed by atoms with Crippen LogP contribution in [0, 0.1) is 5.92 Å². The van der Waals surface area contributed by atoms with Crippen LogP contribution in [-0.4, -0.2) is 33.9 Å². The van der Waals surface area contributed by atoms with Gasteiger partial charge in [-0.1, -0.05) is 6.42 Å². The second-order valence-corrected chi connectivity index (χ2v) is 5.63. The molecule has 1 aromatic rings. The van der Waals surface area contributed by atoms with E-state index in [4.69, 9.17) is 5.73 Å². The summed E-state index contributed by atoms with van der Waals surface area (Å²) < 4.78 is 0. The summed E-state index contributed by atoms with van der Waals surface area (Å²) in [5.74, 6) is 0.378. The van der Waals surface area contributed by atoms with Crippen molar-refractivity contribution in [1.82, 2.24) is 15.5 Å². The molecule has 2 fully saturated rings. The van der Waals surface area contributed by atoms with Crippen molar-refractivity contribution in [2.24, 2.45) is 5.92 Å². The lowest BCUT2D eigenvalue weighted by Crippen LogP contribution is -2.39. The zero-order valence-electron chi connectivity index (χ0n) is 10.9. The average Bonchev–Trinajstić information content (AvgIpc) is 3.02. The predicted octanol–water partition coefficient (Wildman–Crippen LogP) is 0.760. The van der Waals surface area contributed by atoms with Gasteiger partial charge in [0.05, 0.1) is 11.4 Å². The van der Waals surface area contributed by atoms with E-state index in [0.717, 1.165) is 37.8 Å². The van der Waals surface area contributed by atoms with Crippen LogP contribution in [0.5, 0.6) is 0 Å². The first-order valence-corrected chi connectivity index (χ1v) is 6.96. The van der Waals surface area contributed by atoms with E-state index in [0.29, 0.717) is 17.3 Å². The highest BCUT2D eigenvalue weighted by atomic mass is 16.3. The lowest BCUT2D eigenvalue weighted by Gasteiger charge is -2.18. The molecule has 2 aliphatic rings. The van der Waals surface area contributed by atoms with Crippen LogP contribution >= 0.6 is 0 Å². The molecule has 0 saturated heterocycles. The Labute approximate surface area is 111 Å². The number of amides is 1. The summed E-state index contributed by atoms with van der Waals surface area (Å²) in [5, 5.41) is 19.1. The fraction of sp³-hybridized carbons (Fsp3) is 0.692. The minimum atomic E-state index is -0.231. The molecule has 6 nitrogen and oxygen atoms in total. The summed E-state index contributed by atoms with van der Waals surface area (Å²) in [6.45, 7) is 0.119. The van der Waals surface area contributed by atoms with E-state index >= 15 is 0 Å². The van der Waals surface area contributed by atoms with Gasteiger partial charge in [0, 0.05) is 24.5 Å². The van der Waals surface area contributed by atoms with Crippen molar-refractivity contribution in [2.45, 2.75) is 44.1 Å². The first-order valence-electron chi connectivity index (χ1n) is 6.96. The van der Waals surface area contributed by atoms with Gasteiger partial charge in [0.25, 0.3) is 5.91 Å². The van der Waals surface area contributed by atoms with E-state index in [1.807, 2.05) is 0 Å². The first kappa shape index (κ1) is 12.5. The van der Waals surface area contributed by atoms with Crippen molar-refractivity contribution in [1.29, 1.82) is 0 Å². The van der Waals surface area contributed by atoms with E-state index in [1.165, 1.54) is 0 Å². The average molecular weight is 264 g/mol. The van der Waals surface area contributed by atoms with E-state index < -0.39 is 0 Å². The monoisotopic (exact) mass is 264 g/mol. The lowest BCUT2D eigenvalue weighted by molar-refractivity contribution is 0.0912. The maximum Gasteiger partial charge on any atom is 0.274 e. The third-order valence-corrected chi connectivity index (χ3v) is 4.24. The SMILES string of the molecule is Nc1c(C(=O)NC2CCCC2CO)n[nH]c1C1CC1. The molecular weight excluding hydrogens is 244 g/mol. The summed E-state index contributed by atoms with van der Waals surface area (Å²) >= 11 is 0. The van der Waals surface area contributed by atoms with Crippen LogP contribution in [0.15, 0.2) is 0 Å². The zero-order valence-corrected chi connectivity index (χ0v) is 10.9. The van der Waals surface area contributed by atoms with Crippen LogP contribution in [0.3, 0.4) is 0 Å². The number of nitrogens with one attached hydrogen (secondary N) is 2. The fourth-order valence-electron chi connectivity index (χ4n) is 2.90. The second kappa shape index (κ2) is 4.85. The number of carbonyl (C=O) groups is 1. The van der Waals surface area contributed by atoms with Crippen LogP contribution in [0.25, 0.3) is 0 Å². The number of aromatic amines is 1. The molecule has 0 bridgehead atoms. The number of aromatic nitrogens is 2. The number of nitrogens with two attached hydrogens (primary N) is 1. The van der Waals surface area contributed by atoms with Gasteiger partial charge in [-0.3, -0.25) is 9.89 Å².